The SMILES string of the molecule is c1ccc(C2CCNC2)c(OC2CCC2)c1. The number of hydrogen-bond acceptors (Lipinski definition) is 2. The highest BCUT2D eigenvalue weighted by Gasteiger charge is 2.24. The van der Waals surface area contributed by atoms with Crippen molar-refractivity contribution in [3.63, 3.8) is 0 Å². The molecule has 2 aliphatic rings. The van der Waals surface area contributed by atoms with Crippen LogP contribution in [0.4, 0.5) is 0 Å². The number of hydrogen-bond donors (Lipinski definition) is 1. The molecule has 16 heavy (non-hydrogen) atoms. The van der Waals surface area contributed by atoms with Gasteiger partial charge in [0.1, 0.15) is 5.75 Å². The lowest BCUT2D eigenvalue weighted by Crippen LogP contribution is -2.25. The molecule has 1 heterocycles. The fourth-order valence-corrected chi connectivity index (χ4v) is 2.51. The van der Waals surface area contributed by atoms with Gasteiger partial charge in [0.25, 0.3) is 0 Å². The molecule has 2 heteroatoms. The molecule has 1 saturated heterocycles. The minimum atomic E-state index is 0.482. The van der Waals surface area contributed by atoms with Gasteiger partial charge in [-0.15, -0.1) is 0 Å². The molecule has 0 radical (unpaired) electrons. The molecular formula is C14H19NO. The van der Waals surface area contributed by atoms with E-state index in [0.29, 0.717) is 12.0 Å². The molecule has 1 aliphatic carbocycles. The van der Waals surface area contributed by atoms with E-state index in [0.717, 1.165) is 18.8 Å². The van der Waals surface area contributed by atoms with Crippen molar-refractivity contribution >= 4 is 0 Å². The van der Waals surface area contributed by atoms with Gasteiger partial charge in [-0.1, -0.05) is 18.2 Å². The average Bonchev–Trinajstić information content (AvgIpc) is 2.77. The monoisotopic (exact) mass is 217 g/mol. The second-order valence-corrected chi connectivity index (χ2v) is 4.90. The molecule has 1 unspecified atom stereocenters. The molecule has 1 saturated carbocycles. The molecule has 1 aromatic carbocycles. The minimum absolute atomic E-state index is 0.482. The highest BCUT2D eigenvalue weighted by Crippen LogP contribution is 2.33. The molecule has 3 rings (SSSR count). The molecule has 1 aliphatic heterocycles. The topological polar surface area (TPSA) is 21.3 Å². The Bertz CT molecular complexity index is 354. The molecule has 0 aromatic heterocycles. The Morgan fingerprint density at radius 1 is 1.12 bits per heavy atom. The predicted molar refractivity (Wildman–Crippen MR) is 64.9 cm³/mol. The van der Waals surface area contributed by atoms with Crippen LogP contribution < -0.4 is 10.1 Å². The molecule has 1 N–H and O–H groups in total. The van der Waals surface area contributed by atoms with E-state index in [-0.39, 0.29) is 0 Å². The molecule has 0 spiro atoms. The lowest BCUT2D eigenvalue weighted by molar-refractivity contribution is 0.118. The van der Waals surface area contributed by atoms with Crippen LogP contribution in [0, 0.1) is 0 Å². The summed E-state index contributed by atoms with van der Waals surface area (Å²) >= 11 is 0. The molecule has 1 aromatic rings. The van der Waals surface area contributed by atoms with Crippen molar-refractivity contribution < 1.29 is 4.74 Å². The third-order valence-electron chi connectivity index (χ3n) is 3.76. The van der Waals surface area contributed by atoms with E-state index in [4.69, 9.17) is 4.74 Å². The first kappa shape index (κ1) is 10.2. The van der Waals surface area contributed by atoms with Gasteiger partial charge in [0.05, 0.1) is 6.10 Å². The Morgan fingerprint density at radius 2 is 2.00 bits per heavy atom. The maximum absolute atomic E-state index is 6.07. The number of benzene rings is 1. The lowest BCUT2D eigenvalue weighted by Gasteiger charge is -2.28. The van der Waals surface area contributed by atoms with Gasteiger partial charge in [-0.25, -0.2) is 0 Å². The van der Waals surface area contributed by atoms with E-state index in [1.807, 2.05) is 0 Å². The van der Waals surface area contributed by atoms with E-state index in [9.17, 15) is 0 Å². The van der Waals surface area contributed by atoms with Crippen molar-refractivity contribution in [1.29, 1.82) is 0 Å². The summed E-state index contributed by atoms with van der Waals surface area (Å²) in [5.74, 6) is 1.78. The van der Waals surface area contributed by atoms with Crippen LogP contribution >= 0.6 is 0 Å². The van der Waals surface area contributed by atoms with E-state index in [1.165, 1.54) is 31.2 Å². The zero-order chi connectivity index (χ0) is 10.8. The summed E-state index contributed by atoms with van der Waals surface area (Å²) < 4.78 is 6.07. The van der Waals surface area contributed by atoms with Gasteiger partial charge in [-0.05, 0) is 43.9 Å². The average molecular weight is 217 g/mol. The van der Waals surface area contributed by atoms with Crippen molar-refractivity contribution in [3.05, 3.63) is 29.8 Å². The van der Waals surface area contributed by atoms with Crippen molar-refractivity contribution in [2.75, 3.05) is 13.1 Å². The molecule has 1 atom stereocenters. The number of ether oxygens (including phenoxy) is 1. The summed E-state index contributed by atoms with van der Waals surface area (Å²) in [7, 11) is 0. The van der Waals surface area contributed by atoms with Gasteiger partial charge in [-0.3, -0.25) is 0 Å². The second kappa shape index (κ2) is 4.46. The highest BCUT2D eigenvalue weighted by molar-refractivity contribution is 5.37. The number of nitrogens with one attached hydrogen (secondary N) is 1. The third kappa shape index (κ3) is 1.94. The van der Waals surface area contributed by atoms with E-state index < -0.39 is 0 Å². The summed E-state index contributed by atoms with van der Waals surface area (Å²) in [6.07, 6.45) is 5.52. The zero-order valence-electron chi connectivity index (χ0n) is 9.61. The second-order valence-electron chi connectivity index (χ2n) is 4.90. The van der Waals surface area contributed by atoms with Crippen LogP contribution in [0.3, 0.4) is 0 Å². The van der Waals surface area contributed by atoms with Crippen LogP contribution in [0.2, 0.25) is 0 Å². The smallest absolute Gasteiger partial charge is 0.123 e. The standard InChI is InChI=1S/C14H19NO/c1-2-7-14(16-12-4-3-5-12)13(6-1)11-8-9-15-10-11/h1-2,6-7,11-12,15H,3-5,8-10H2. The Balaban J connectivity index is 1.78. The quantitative estimate of drug-likeness (QED) is 0.840. The largest absolute Gasteiger partial charge is 0.490 e. The van der Waals surface area contributed by atoms with Crippen molar-refractivity contribution in [3.8, 4) is 5.75 Å². The van der Waals surface area contributed by atoms with Gasteiger partial charge in [-0.2, -0.15) is 0 Å². The third-order valence-corrected chi connectivity index (χ3v) is 3.76. The summed E-state index contributed by atoms with van der Waals surface area (Å²) in [6, 6.07) is 8.57. The van der Waals surface area contributed by atoms with Crippen molar-refractivity contribution in [2.24, 2.45) is 0 Å². The van der Waals surface area contributed by atoms with Gasteiger partial charge >= 0.3 is 0 Å². The van der Waals surface area contributed by atoms with Crippen LogP contribution in [-0.2, 0) is 0 Å². The van der Waals surface area contributed by atoms with Crippen molar-refractivity contribution in [2.45, 2.75) is 37.7 Å². The minimum Gasteiger partial charge on any atom is -0.490 e. The van der Waals surface area contributed by atoms with Gasteiger partial charge in [0, 0.05) is 12.5 Å². The zero-order valence-corrected chi connectivity index (χ0v) is 9.61. The molecule has 0 amide bonds. The fraction of sp³-hybridized carbons (Fsp3) is 0.571. The molecule has 2 fully saturated rings. The summed E-state index contributed by atoms with van der Waals surface area (Å²) in [5.41, 5.74) is 1.40. The maximum atomic E-state index is 6.07. The first-order chi connectivity index (χ1) is 7.93. The van der Waals surface area contributed by atoms with E-state index in [1.54, 1.807) is 0 Å². The normalized spacial score (nSPS) is 25.4. The Kier molecular flexibility index (Phi) is 2.83. The maximum Gasteiger partial charge on any atom is 0.123 e. The predicted octanol–water partition coefficient (Wildman–Crippen LogP) is 2.69. The Labute approximate surface area is 97.0 Å². The fourth-order valence-electron chi connectivity index (χ4n) is 2.51. The Morgan fingerprint density at radius 3 is 2.69 bits per heavy atom. The number of rotatable bonds is 3. The molecular weight excluding hydrogens is 198 g/mol. The Hall–Kier alpha value is -1.02. The van der Waals surface area contributed by atoms with Crippen LogP contribution in [0.5, 0.6) is 5.75 Å². The lowest BCUT2D eigenvalue weighted by atomic mass is 9.94. The highest BCUT2D eigenvalue weighted by atomic mass is 16.5. The van der Waals surface area contributed by atoms with Crippen LogP contribution in [0.15, 0.2) is 24.3 Å². The van der Waals surface area contributed by atoms with Crippen LogP contribution in [-0.4, -0.2) is 19.2 Å². The van der Waals surface area contributed by atoms with E-state index in [2.05, 4.69) is 29.6 Å². The summed E-state index contributed by atoms with van der Waals surface area (Å²) in [5, 5.41) is 3.42. The van der Waals surface area contributed by atoms with Crippen LogP contribution in [0.1, 0.15) is 37.2 Å². The summed E-state index contributed by atoms with van der Waals surface area (Å²) in [6.45, 7) is 2.24. The van der Waals surface area contributed by atoms with Gasteiger partial charge in [0.15, 0.2) is 0 Å². The molecule has 86 valence electrons. The first-order valence-corrected chi connectivity index (χ1v) is 6.40. The van der Waals surface area contributed by atoms with E-state index >= 15 is 0 Å². The number of para-hydroxylation sites is 1. The molecule has 0 bridgehead atoms. The first-order valence-electron chi connectivity index (χ1n) is 6.40. The van der Waals surface area contributed by atoms with Gasteiger partial charge < -0.3 is 10.1 Å². The molecule has 2 nitrogen and oxygen atoms in total. The van der Waals surface area contributed by atoms with Crippen molar-refractivity contribution in [1.82, 2.24) is 5.32 Å². The van der Waals surface area contributed by atoms with Crippen LogP contribution in [0.25, 0.3) is 0 Å². The van der Waals surface area contributed by atoms with Gasteiger partial charge in [0.2, 0.25) is 0 Å². The summed E-state index contributed by atoms with van der Waals surface area (Å²) in [4.78, 5) is 0.